The Labute approximate surface area is 134 Å². The third kappa shape index (κ3) is 3.18. The lowest BCUT2D eigenvalue weighted by Crippen LogP contribution is -2.34. The molecule has 6 nitrogen and oxygen atoms in total. The molecule has 0 N–H and O–H groups in total. The Bertz CT molecular complexity index is 513. The van der Waals surface area contributed by atoms with Gasteiger partial charge in [-0.05, 0) is 45.0 Å². The molecule has 0 amide bonds. The van der Waals surface area contributed by atoms with Gasteiger partial charge in [0, 0.05) is 5.75 Å². The van der Waals surface area contributed by atoms with Crippen molar-refractivity contribution in [2.24, 2.45) is 0 Å². The zero-order valence-corrected chi connectivity index (χ0v) is 14.0. The molecule has 4 atom stereocenters. The number of hydrogen-bond acceptors (Lipinski definition) is 7. The monoisotopic (exact) mass is 327 g/mol. The van der Waals surface area contributed by atoms with E-state index >= 15 is 0 Å². The van der Waals surface area contributed by atoms with Crippen molar-refractivity contribution in [1.82, 2.24) is 0 Å². The van der Waals surface area contributed by atoms with Crippen molar-refractivity contribution in [3.8, 4) is 5.40 Å². The number of thioether (sulfide) groups is 1. The van der Waals surface area contributed by atoms with Gasteiger partial charge in [0.15, 0.2) is 17.9 Å². The van der Waals surface area contributed by atoms with Crippen LogP contribution >= 0.6 is 11.8 Å². The van der Waals surface area contributed by atoms with E-state index in [2.05, 4.69) is 5.40 Å². The predicted molar refractivity (Wildman–Crippen MR) is 79.8 cm³/mol. The van der Waals surface area contributed by atoms with E-state index in [9.17, 15) is 0 Å². The van der Waals surface area contributed by atoms with E-state index in [1.54, 1.807) is 0 Å². The predicted octanol–water partition coefficient (Wildman–Crippen LogP) is 2.15. The zero-order valence-electron chi connectivity index (χ0n) is 13.2. The molecule has 0 aromatic carbocycles. The quantitative estimate of drug-likeness (QED) is 0.447. The highest BCUT2D eigenvalue weighted by Gasteiger charge is 2.55. The summed E-state index contributed by atoms with van der Waals surface area (Å²) in [6.45, 7) is 7.96. The van der Waals surface area contributed by atoms with Crippen LogP contribution in [0.3, 0.4) is 0 Å². The maximum Gasteiger partial charge on any atom is 0.191 e. The minimum Gasteiger partial charge on any atom is -0.348 e. The van der Waals surface area contributed by atoms with Crippen LogP contribution in [0.5, 0.6) is 0 Å². The van der Waals surface area contributed by atoms with Gasteiger partial charge in [-0.25, -0.2) is 0 Å². The molecule has 0 radical (unpaired) electrons. The van der Waals surface area contributed by atoms with Gasteiger partial charge in [-0.2, -0.15) is 5.26 Å². The summed E-state index contributed by atoms with van der Waals surface area (Å²) in [5.41, 5.74) is 0.977. The van der Waals surface area contributed by atoms with Gasteiger partial charge in [0.2, 0.25) is 0 Å². The summed E-state index contributed by atoms with van der Waals surface area (Å²) in [7, 11) is 0. The van der Waals surface area contributed by atoms with E-state index in [-0.39, 0.29) is 18.3 Å². The van der Waals surface area contributed by atoms with Gasteiger partial charge < -0.3 is 23.7 Å². The molecule has 7 heteroatoms. The lowest BCUT2D eigenvalue weighted by molar-refractivity contribution is -0.215. The molecule has 3 aliphatic rings. The molecule has 3 heterocycles. The lowest BCUT2D eigenvalue weighted by Gasteiger charge is -2.25. The zero-order chi connectivity index (χ0) is 16.0. The number of nitrogens with zero attached hydrogens (tertiary/aromatic N) is 1. The van der Waals surface area contributed by atoms with Gasteiger partial charge in [0.05, 0.1) is 6.61 Å². The second-order valence-corrected chi connectivity index (χ2v) is 7.26. The molecule has 0 unspecified atom stereocenters. The summed E-state index contributed by atoms with van der Waals surface area (Å²) in [6, 6.07) is 0. The van der Waals surface area contributed by atoms with Gasteiger partial charge in [-0.1, -0.05) is 6.08 Å². The van der Waals surface area contributed by atoms with Crippen molar-refractivity contribution >= 4 is 11.8 Å². The summed E-state index contributed by atoms with van der Waals surface area (Å²) in [5, 5.41) is 10.8. The molecule has 3 aliphatic heterocycles. The van der Waals surface area contributed by atoms with Crippen LogP contribution in [0.1, 0.15) is 27.7 Å². The smallest absolute Gasteiger partial charge is 0.191 e. The maximum atomic E-state index is 8.71. The molecule has 0 saturated carbocycles. The van der Waals surface area contributed by atoms with Crippen molar-refractivity contribution in [3.05, 3.63) is 11.6 Å². The Morgan fingerprint density at radius 3 is 2.59 bits per heavy atom. The molecule has 0 aliphatic carbocycles. The molecule has 22 heavy (non-hydrogen) atoms. The van der Waals surface area contributed by atoms with Crippen molar-refractivity contribution in [1.29, 1.82) is 5.26 Å². The van der Waals surface area contributed by atoms with E-state index < -0.39 is 17.9 Å². The first-order chi connectivity index (χ1) is 10.3. The number of hydrogen-bond donors (Lipinski definition) is 0. The summed E-state index contributed by atoms with van der Waals surface area (Å²) in [5.74, 6) is -0.705. The molecule has 122 valence electrons. The number of thiocyanates is 1. The molecule has 3 rings (SSSR count). The highest BCUT2D eigenvalue weighted by atomic mass is 32.2. The molecular formula is C15H21NO5S. The topological polar surface area (TPSA) is 69.9 Å². The third-order valence-corrected chi connectivity index (χ3v) is 4.29. The van der Waals surface area contributed by atoms with E-state index in [1.807, 2.05) is 33.8 Å². The van der Waals surface area contributed by atoms with Crippen molar-refractivity contribution in [3.63, 3.8) is 0 Å². The van der Waals surface area contributed by atoms with Crippen LogP contribution in [0.2, 0.25) is 0 Å². The van der Waals surface area contributed by atoms with Gasteiger partial charge in [0.1, 0.15) is 23.7 Å². The van der Waals surface area contributed by atoms with Crippen molar-refractivity contribution in [2.75, 3.05) is 12.4 Å². The van der Waals surface area contributed by atoms with Crippen molar-refractivity contribution in [2.45, 2.75) is 63.9 Å². The number of fused-ring (bicyclic) bond motifs is 1. The van der Waals surface area contributed by atoms with Crippen LogP contribution in [0.15, 0.2) is 11.6 Å². The fourth-order valence-electron chi connectivity index (χ4n) is 3.01. The second kappa shape index (κ2) is 5.78. The Balaban J connectivity index is 1.78. The second-order valence-electron chi connectivity index (χ2n) is 6.45. The maximum absolute atomic E-state index is 8.71. The fraction of sp³-hybridized carbons (Fsp3) is 0.800. The van der Waals surface area contributed by atoms with Crippen LogP contribution in [-0.4, -0.2) is 48.5 Å². The number of nitriles is 1. The summed E-state index contributed by atoms with van der Waals surface area (Å²) >= 11 is 1.18. The van der Waals surface area contributed by atoms with E-state index in [0.29, 0.717) is 12.4 Å². The van der Waals surface area contributed by atoms with Gasteiger partial charge >= 0.3 is 0 Å². The van der Waals surface area contributed by atoms with Crippen LogP contribution in [0, 0.1) is 10.7 Å². The first-order valence-corrected chi connectivity index (χ1v) is 8.33. The SMILES string of the molecule is CC1(C)O[C@H]2O[C@H]([C@H]3COC(C)(C)O3)/C(=C/CSC#N)[C@H]2O1. The van der Waals surface area contributed by atoms with Gasteiger partial charge in [-0.3, -0.25) is 0 Å². The Morgan fingerprint density at radius 1 is 1.18 bits per heavy atom. The Kier molecular flexibility index (Phi) is 4.27. The molecule has 0 spiro atoms. The fourth-order valence-corrected chi connectivity index (χ4v) is 3.36. The third-order valence-electron chi connectivity index (χ3n) is 3.83. The van der Waals surface area contributed by atoms with Crippen molar-refractivity contribution < 1.29 is 23.7 Å². The van der Waals surface area contributed by atoms with Gasteiger partial charge in [0.25, 0.3) is 0 Å². The highest BCUT2D eigenvalue weighted by Crippen LogP contribution is 2.43. The molecule has 3 saturated heterocycles. The first-order valence-electron chi connectivity index (χ1n) is 7.35. The van der Waals surface area contributed by atoms with Crippen LogP contribution in [0.25, 0.3) is 0 Å². The van der Waals surface area contributed by atoms with Crippen LogP contribution < -0.4 is 0 Å². The lowest BCUT2D eigenvalue weighted by atomic mass is 10.0. The highest BCUT2D eigenvalue weighted by molar-refractivity contribution is 8.03. The number of ether oxygens (including phenoxy) is 5. The summed E-state index contributed by atoms with van der Waals surface area (Å²) in [6.07, 6.45) is 0.821. The normalized spacial score (nSPS) is 40.8. The summed E-state index contributed by atoms with van der Waals surface area (Å²) < 4.78 is 29.3. The van der Waals surface area contributed by atoms with E-state index in [0.717, 1.165) is 5.57 Å². The average Bonchev–Trinajstić information content (AvgIpc) is 3.01. The summed E-state index contributed by atoms with van der Waals surface area (Å²) in [4.78, 5) is 0. The molecule has 0 aromatic rings. The standard InChI is InChI=1S/C15H21NO5S/c1-14(2)17-7-10(19-14)11-9(5-6-22-8-16)12-13(18-11)21-15(3,4)20-12/h5,10-13H,6-7H2,1-4H3/b9-5-/t10-,11+,12-,13-/m1/s1. The first kappa shape index (κ1) is 16.2. The molecular weight excluding hydrogens is 306 g/mol. The minimum atomic E-state index is -0.673. The van der Waals surface area contributed by atoms with E-state index in [1.165, 1.54) is 11.8 Å². The van der Waals surface area contributed by atoms with E-state index in [4.69, 9.17) is 28.9 Å². The molecule has 0 bridgehead atoms. The Morgan fingerprint density at radius 2 is 1.95 bits per heavy atom. The minimum absolute atomic E-state index is 0.200. The van der Waals surface area contributed by atoms with Crippen LogP contribution in [-0.2, 0) is 23.7 Å². The molecule has 3 fully saturated rings. The number of rotatable bonds is 3. The average molecular weight is 327 g/mol. The largest absolute Gasteiger partial charge is 0.348 e. The van der Waals surface area contributed by atoms with Gasteiger partial charge in [-0.15, -0.1) is 0 Å². The molecule has 0 aromatic heterocycles. The van der Waals surface area contributed by atoms with Crippen LogP contribution in [0.4, 0.5) is 0 Å². The Hall–Kier alpha value is -0.620.